The standard InChI is InChI=1S/C17H15NO3/c1-2-18-15-9-8-14(21-13-6-4-3-5-7-13)10-12(15)11-16(18)17(19)20/h3-11H,2H2,1H3,(H,19,20). The molecule has 0 spiro atoms. The summed E-state index contributed by atoms with van der Waals surface area (Å²) < 4.78 is 7.55. The van der Waals surface area contributed by atoms with Crippen LogP contribution in [0.15, 0.2) is 54.6 Å². The molecule has 3 aromatic rings. The molecular weight excluding hydrogens is 266 g/mol. The van der Waals surface area contributed by atoms with Gasteiger partial charge in [-0.25, -0.2) is 4.79 Å². The highest BCUT2D eigenvalue weighted by atomic mass is 16.5. The van der Waals surface area contributed by atoms with E-state index >= 15 is 0 Å². The summed E-state index contributed by atoms with van der Waals surface area (Å²) >= 11 is 0. The summed E-state index contributed by atoms with van der Waals surface area (Å²) in [6.45, 7) is 2.55. The van der Waals surface area contributed by atoms with E-state index in [1.54, 1.807) is 10.6 Å². The van der Waals surface area contributed by atoms with Crippen LogP contribution in [0.2, 0.25) is 0 Å². The van der Waals surface area contributed by atoms with Crippen molar-refractivity contribution in [3.63, 3.8) is 0 Å². The monoisotopic (exact) mass is 281 g/mol. The molecule has 106 valence electrons. The highest BCUT2D eigenvalue weighted by Gasteiger charge is 2.13. The second kappa shape index (κ2) is 5.32. The molecule has 0 unspecified atom stereocenters. The van der Waals surface area contributed by atoms with Crippen molar-refractivity contribution in [2.45, 2.75) is 13.5 Å². The first-order valence-electron chi connectivity index (χ1n) is 6.78. The van der Waals surface area contributed by atoms with E-state index in [2.05, 4.69) is 0 Å². The average Bonchev–Trinajstić information content (AvgIpc) is 2.86. The topological polar surface area (TPSA) is 51.5 Å². The lowest BCUT2D eigenvalue weighted by molar-refractivity contribution is 0.0686. The van der Waals surface area contributed by atoms with E-state index < -0.39 is 5.97 Å². The Labute approximate surface area is 122 Å². The number of para-hydroxylation sites is 1. The molecule has 2 aromatic carbocycles. The first kappa shape index (κ1) is 13.2. The van der Waals surface area contributed by atoms with Crippen molar-refractivity contribution in [2.24, 2.45) is 0 Å². The molecule has 1 aromatic heterocycles. The van der Waals surface area contributed by atoms with Crippen LogP contribution in [-0.4, -0.2) is 15.6 Å². The van der Waals surface area contributed by atoms with E-state index in [1.807, 2.05) is 55.5 Å². The number of aryl methyl sites for hydroxylation is 1. The molecule has 0 atom stereocenters. The third kappa shape index (κ3) is 2.48. The zero-order chi connectivity index (χ0) is 14.8. The molecule has 0 saturated heterocycles. The van der Waals surface area contributed by atoms with E-state index in [0.717, 1.165) is 16.7 Å². The van der Waals surface area contributed by atoms with Gasteiger partial charge in [0.2, 0.25) is 0 Å². The van der Waals surface area contributed by atoms with Gasteiger partial charge in [0, 0.05) is 17.4 Å². The number of hydrogen-bond acceptors (Lipinski definition) is 2. The van der Waals surface area contributed by atoms with E-state index in [-0.39, 0.29) is 0 Å². The second-order valence-electron chi connectivity index (χ2n) is 4.71. The van der Waals surface area contributed by atoms with Gasteiger partial charge in [0.15, 0.2) is 0 Å². The maximum atomic E-state index is 11.3. The molecule has 1 heterocycles. The number of ether oxygens (including phenoxy) is 1. The highest BCUT2D eigenvalue weighted by molar-refractivity contribution is 5.95. The van der Waals surface area contributed by atoms with Crippen molar-refractivity contribution in [1.82, 2.24) is 4.57 Å². The normalized spacial score (nSPS) is 10.7. The molecule has 4 nitrogen and oxygen atoms in total. The second-order valence-corrected chi connectivity index (χ2v) is 4.71. The van der Waals surface area contributed by atoms with Crippen LogP contribution < -0.4 is 4.74 Å². The van der Waals surface area contributed by atoms with Gasteiger partial charge in [-0.3, -0.25) is 0 Å². The molecule has 0 aliphatic heterocycles. The number of carbonyl (C=O) groups is 1. The molecule has 4 heteroatoms. The zero-order valence-corrected chi connectivity index (χ0v) is 11.6. The number of aromatic nitrogens is 1. The molecule has 3 rings (SSSR count). The predicted molar refractivity (Wildman–Crippen MR) is 81.1 cm³/mol. The van der Waals surface area contributed by atoms with Crippen molar-refractivity contribution < 1.29 is 14.6 Å². The summed E-state index contributed by atoms with van der Waals surface area (Å²) in [5.74, 6) is 0.530. The number of rotatable bonds is 4. The minimum absolute atomic E-state index is 0.296. The summed E-state index contributed by atoms with van der Waals surface area (Å²) in [4.78, 5) is 11.3. The Morgan fingerprint density at radius 2 is 1.86 bits per heavy atom. The minimum Gasteiger partial charge on any atom is -0.477 e. The van der Waals surface area contributed by atoms with Gasteiger partial charge in [0.05, 0.1) is 0 Å². The number of nitrogens with zero attached hydrogens (tertiary/aromatic N) is 1. The third-order valence-corrected chi connectivity index (χ3v) is 3.39. The maximum Gasteiger partial charge on any atom is 0.352 e. The minimum atomic E-state index is -0.918. The summed E-state index contributed by atoms with van der Waals surface area (Å²) in [6, 6.07) is 16.8. The van der Waals surface area contributed by atoms with E-state index in [1.165, 1.54) is 0 Å². The van der Waals surface area contributed by atoms with Crippen molar-refractivity contribution >= 4 is 16.9 Å². The van der Waals surface area contributed by atoms with Gasteiger partial charge in [-0.2, -0.15) is 0 Å². The molecule has 1 N–H and O–H groups in total. The Kier molecular flexibility index (Phi) is 3.36. The van der Waals surface area contributed by atoms with Crippen LogP contribution in [0.3, 0.4) is 0 Å². The lowest BCUT2D eigenvalue weighted by Gasteiger charge is -2.07. The summed E-state index contributed by atoms with van der Waals surface area (Å²) in [6.07, 6.45) is 0. The Morgan fingerprint density at radius 3 is 2.52 bits per heavy atom. The lowest BCUT2D eigenvalue weighted by Crippen LogP contribution is -2.06. The fourth-order valence-electron chi connectivity index (χ4n) is 2.45. The number of fused-ring (bicyclic) bond motifs is 1. The molecule has 0 radical (unpaired) electrons. The van der Waals surface area contributed by atoms with E-state index in [9.17, 15) is 9.90 Å². The largest absolute Gasteiger partial charge is 0.477 e. The summed E-state index contributed by atoms with van der Waals surface area (Å²) in [7, 11) is 0. The smallest absolute Gasteiger partial charge is 0.352 e. The van der Waals surface area contributed by atoms with Crippen LogP contribution in [-0.2, 0) is 6.54 Å². The Hall–Kier alpha value is -2.75. The van der Waals surface area contributed by atoms with Crippen LogP contribution in [0.1, 0.15) is 17.4 Å². The molecule has 21 heavy (non-hydrogen) atoms. The zero-order valence-electron chi connectivity index (χ0n) is 11.6. The summed E-state index contributed by atoms with van der Waals surface area (Å²) in [5, 5.41) is 10.1. The van der Waals surface area contributed by atoms with Gasteiger partial charge >= 0.3 is 5.97 Å². The fourth-order valence-corrected chi connectivity index (χ4v) is 2.45. The van der Waals surface area contributed by atoms with Gasteiger partial charge in [-0.05, 0) is 43.3 Å². The molecule has 0 aliphatic rings. The van der Waals surface area contributed by atoms with E-state index in [4.69, 9.17) is 4.74 Å². The quantitative estimate of drug-likeness (QED) is 0.781. The van der Waals surface area contributed by atoms with Crippen molar-refractivity contribution in [3.8, 4) is 11.5 Å². The number of carboxylic acids is 1. The molecule has 0 saturated carbocycles. The van der Waals surface area contributed by atoms with Crippen LogP contribution >= 0.6 is 0 Å². The molecule has 0 fully saturated rings. The third-order valence-electron chi connectivity index (χ3n) is 3.39. The maximum absolute atomic E-state index is 11.3. The first-order chi connectivity index (χ1) is 10.2. The lowest BCUT2D eigenvalue weighted by atomic mass is 10.2. The van der Waals surface area contributed by atoms with Crippen molar-refractivity contribution in [1.29, 1.82) is 0 Å². The number of hydrogen-bond donors (Lipinski definition) is 1. The average molecular weight is 281 g/mol. The van der Waals surface area contributed by atoms with Crippen LogP contribution in [0.25, 0.3) is 10.9 Å². The highest BCUT2D eigenvalue weighted by Crippen LogP contribution is 2.28. The van der Waals surface area contributed by atoms with Crippen LogP contribution in [0.4, 0.5) is 0 Å². The SMILES string of the molecule is CCn1c(C(=O)O)cc2cc(Oc3ccccc3)ccc21. The van der Waals surface area contributed by atoms with Gasteiger partial charge in [-0.15, -0.1) is 0 Å². The Balaban J connectivity index is 2.02. The molecule has 0 bridgehead atoms. The first-order valence-corrected chi connectivity index (χ1v) is 6.78. The summed E-state index contributed by atoms with van der Waals surface area (Å²) in [5.41, 5.74) is 1.19. The van der Waals surface area contributed by atoms with E-state index in [0.29, 0.717) is 18.0 Å². The van der Waals surface area contributed by atoms with Gasteiger partial charge < -0.3 is 14.4 Å². The Bertz CT molecular complexity index is 790. The predicted octanol–water partition coefficient (Wildman–Crippen LogP) is 4.15. The number of carboxylic acid groups (broad SMARTS) is 1. The van der Waals surface area contributed by atoms with Crippen LogP contribution in [0.5, 0.6) is 11.5 Å². The molecular formula is C17H15NO3. The fraction of sp³-hybridized carbons (Fsp3) is 0.118. The Morgan fingerprint density at radius 1 is 1.10 bits per heavy atom. The van der Waals surface area contributed by atoms with Crippen LogP contribution in [0, 0.1) is 0 Å². The molecule has 0 amide bonds. The van der Waals surface area contributed by atoms with Crippen molar-refractivity contribution in [2.75, 3.05) is 0 Å². The van der Waals surface area contributed by atoms with Gasteiger partial charge in [0.1, 0.15) is 17.2 Å². The molecule has 0 aliphatic carbocycles. The van der Waals surface area contributed by atoms with Gasteiger partial charge in [0.25, 0.3) is 0 Å². The van der Waals surface area contributed by atoms with Crippen molar-refractivity contribution in [3.05, 3.63) is 60.3 Å². The van der Waals surface area contributed by atoms with Gasteiger partial charge in [-0.1, -0.05) is 18.2 Å². The number of benzene rings is 2. The number of aromatic carboxylic acids is 1.